The average molecular weight is 291 g/mol. The maximum absolute atomic E-state index is 12.3. The normalized spacial score (nSPS) is 24.5. The molecule has 3 fully saturated rings. The molecular formula is C14H17N3O4. The lowest BCUT2D eigenvalue weighted by molar-refractivity contribution is -0.384. The van der Waals surface area contributed by atoms with Crippen molar-refractivity contribution in [3.05, 3.63) is 34.4 Å². The molecule has 3 heterocycles. The Bertz CT molecular complexity index is 555. The summed E-state index contributed by atoms with van der Waals surface area (Å²) in [7, 11) is 0. The summed E-state index contributed by atoms with van der Waals surface area (Å²) in [6.45, 7) is 3.55. The molecule has 0 saturated carbocycles. The second-order valence-electron chi connectivity index (χ2n) is 5.39. The van der Waals surface area contributed by atoms with E-state index in [1.165, 1.54) is 18.2 Å². The average Bonchev–Trinajstić information content (AvgIpc) is 2.81. The van der Waals surface area contributed by atoms with Crippen LogP contribution in [0, 0.1) is 10.1 Å². The van der Waals surface area contributed by atoms with Crippen molar-refractivity contribution in [1.82, 2.24) is 9.80 Å². The summed E-state index contributed by atoms with van der Waals surface area (Å²) in [5.74, 6) is 0.216. The van der Waals surface area contributed by atoms with E-state index in [9.17, 15) is 14.9 Å². The third-order valence-corrected chi connectivity index (χ3v) is 4.12. The number of rotatable bonds is 2. The number of non-ortho nitro benzene ring substituents is 1. The molecule has 0 atom stereocenters. The summed E-state index contributed by atoms with van der Waals surface area (Å²) < 4.78 is 5.31. The van der Waals surface area contributed by atoms with Gasteiger partial charge in [-0.15, -0.1) is 0 Å². The Morgan fingerprint density at radius 3 is 2.71 bits per heavy atom. The van der Waals surface area contributed by atoms with Crippen molar-refractivity contribution in [1.29, 1.82) is 0 Å². The lowest BCUT2D eigenvalue weighted by atomic mass is 10.1. The molecule has 0 aliphatic carbocycles. The fraction of sp³-hybridized carbons (Fsp3) is 0.500. The molecule has 0 radical (unpaired) electrons. The van der Waals surface area contributed by atoms with E-state index in [2.05, 4.69) is 4.90 Å². The number of hydrogen-bond acceptors (Lipinski definition) is 5. The Balaban J connectivity index is 1.71. The van der Waals surface area contributed by atoms with Crippen LogP contribution in [0.2, 0.25) is 0 Å². The van der Waals surface area contributed by atoms with E-state index in [0.29, 0.717) is 6.54 Å². The monoisotopic (exact) mass is 291 g/mol. The zero-order chi connectivity index (χ0) is 14.8. The van der Waals surface area contributed by atoms with Gasteiger partial charge in [0.1, 0.15) is 5.75 Å². The van der Waals surface area contributed by atoms with E-state index in [1.807, 2.05) is 0 Å². The SMILES string of the molecule is O=C(Oc1cccc([N+](=O)[O-])c1)N1CCN2CCC1CC2. The molecule has 0 spiro atoms. The van der Waals surface area contributed by atoms with Crippen LogP contribution in [0.4, 0.5) is 10.5 Å². The van der Waals surface area contributed by atoms with Crippen molar-refractivity contribution < 1.29 is 14.5 Å². The molecule has 3 saturated heterocycles. The van der Waals surface area contributed by atoms with Crippen LogP contribution in [-0.2, 0) is 0 Å². The first-order valence-electron chi connectivity index (χ1n) is 7.09. The number of nitrogens with zero attached hydrogens (tertiary/aromatic N) is 3. The lowest BCUT2D eigenvalue weighted by Gasteiger charge is -2.30. The number of carbonyl (C=O) groups is 1. The lowest BCUT2D eigenvalue weighted by Crippen LogP contribution is -2.43. The number of piperidine rings is 1. The van der Waals surface area contributed by atoms with Gasteiger partial charge >= 0.3 is 6.09 Å². The van der Waals surface area contributed by atoms with Gasteiger partial charge in [-0.2, -0.15) is 0 Å². The number of ether oxygens (including phenoxy) is 1. The molecule has 4 rings (SSSR count). The third kappa shape index (κ3) is 2.97. The van der Waals surface area contributed by atoms with Gasteiger partial charge in [0, 0.05) is 38.3 Å². The summed E-state index contributed by atoms with van der Waals surface area (Å²) in [6, 6.07) is 5.94. The van der Waals surface area contributed by atoms with E-state index in [1.54, 1.807) is 11.0 Å². The number of nitro benzene ring substituents is 1. The van der Waals surface area contributed by atoms with Crippen molar-refractivity contribution in [2.24, 2.45) is 0 Å². The highest BCUT2D eigenvalue weighted by Gasteiger charge is 2.33. The van der Waals surface area contributed by atoms with Crippen LogP contribution in [0.15, 0.2) is 24.3 Å². The zero-order valence-corrected chi connectivity index (χ0v) is 11.6. The highest BCUT2D eigenvalue weighted by molar-refractivity contribution is 5.71. The predicted molar refractivity (Wildman–Crippen MR) is 75.3 cm³/mol. The summed E-state index contributed by atoms with van der Waals surface area (Å²) in [5.41, 5.74) is -0.0804. The van der Waals surface area contributed by atoms with Gasteiger partial charge < -0.3 is 14.5 Å². The van der Waals surface area contributed by atoms with Crippen LogP contribution >= 0.6 is 0 Å². The van der Waals surface area contributed by atoms with E-state index in [4.69, 9.17) is 4.74 Å². The minimum absolute atomic E-state index is 0.0804. The number of fused-ring (bicyclic) bond motifs is 4. The smallest absolute Gasteiger partial charge is 0.410 e. The Morgan fingerprint density at radius 1 is 1.24 bits per heavy atom. The Labute approximate surface area is 122 Å². The third-order valence-electron chi connectivity index (χ3n) is 4.12. The van der Waals surface area contributed by atoms with E-state index >= 15 is 0 Å². The van der Waals surface area contributed by atoms with E-state index in [0.717, 1.165) is 32.5 Å². The topological polar surface area (TPSA) is 75.9 Å². The molecule has 0 aromatic heterocycles. The quantitative estimate of drug-likeness (QED) is 0.614. The maximum atomic E-state index is 12.3. The number of carbonyl (C=O) groups excluding carboxylic acids is 1. The van der Waals surface area contributed by atoms with Crippen molar-refractivity contribution in [2.45, 2.75) is 18.9 Å². The summed E-state index contributed by atoms with van der Waals surface area (Å²) in [5, 5.41) is 10.7. The van der Waals surface area contributed by atoms with Crippen molar-refractivity contribution in [3.8, 4) is 5.75 Å². The van der Waals surface area contributed by atoms with Crippen LogP contribution in [0.5, 0.6) is 5.75 Å². The van der Waals surface area contributed by atoms with Gasteiger partial charge in [0.15, 0.2) is 0 Å². The van der Waals surface area contributed by atoms with Crippen LogP contribution in [0.25, 0.3) is 0 Å². The standard InChI is InChI=1S/C14H17N3O4/c18-14(16-9-8-15-6-4-11(16)5-7-15)21-13-3-1-2-12(10-13)17(19)20/h1-3,10-11H,4-9H2. The maximum Gasteiger partial charge on any atom is 0.415 e. The molecule has 0 unspecified atom stereocenters. The highest BCUT2D eigenvalue weighted by atomic mass is 16.6. The Morgan fingerprint density at radius 2 is 2.00 bits per heavy atom. The number of benzene rings is 1. The molecule has 3 aliphatic rings. The zero-order valence-electron chi connectivity index (χ0n) is 11.6. The molecule has 7 heteroatoms. The number of nitro groups is 1. The van der Waals surface area contributed by atoms with Crippen LogP contribution in [-0.4, -0.2) is 53.0 Å². The predicted octanol–water partition coefficient (Wildman–Crippen LogP) is 1.87. The van der Waals surface area contributed by atoms with Crippen LogP contribution < -0.4 is 4.74 Å². The largest absolute Gasteiger partial charge is 0.415 e. The number of amides is 1. The van der Waals surface area contributed by atoms with Gasteiger partial charge in [-0.05, 0) is 18.9 Å². The van der Waals surface area contributed by atoms with Gasteiger partial charge in [0.05, 0.1) is 11.0 Å². The fourth-order valence-corrected chi connectivity index (χ4v) is 2.95. The van der Waals surface area contributed by atoms with Crippen molar-refractivity contribution >= 4 is 11.8 Å². The van der Waals surface area contributed by atoms with E-state index in [-0.39, 0.29) is 17.5 Å². The molecule has 1 amide bonds. The minimum atomic E-state index is -0.502. The molecule has 112 valence electrons. The minimum Gasteiger partial charge on any atom is -0.410 e. The van der Waals surface area contributed by atoms with Gasteiger partial charge in [-0.25, -0.2) is 4.79 Å². The number of hydrogen-bond donors (Lipinski definition) is 0. The van der Waals surface area contributed by atoms with Gasteiger partial charge in [-0.3, -0.25) is 10.1 Å². The molecule has 7 nitrogen and oxygen atoms in total. The molecule has 0 N–H and O–H groups in total. The molecule has 1 aromatic rings. The van der Waals surface area contributed by atoms with Crippen molar-refractivity contribution in [2.75, 3.05) is 26.2 Å². The first-order valence-corrected chi connectivity index (χ1v) is 7.09. The van der Waals surface area contributed by atoms with E-state index < -0.39 is 11.0 Å². The molecule has 21 heavy (non-hydrogen) atoms. The van der Waals surface area contributed by atoms with Gasteiger partial charge in [0.25, 0.3) is 5.69 Å². The first kappa shape index (κ1) is 13.8. The second-order valence-corrected chi connectivity index (χ2v) is 5.39. The fourth-order valence-electron chi connectivity index (χ4n) is 2.95. The second kappa shape index (κ2) is 5.69. The molecular weight excluding hydrogens is 274 g/mol. The van der Waals surface area contributed by atoms with Gasteiger partial charge in [-0.1, -0.05) is 6.07 Å². The molecule has 2 bridgehead atoms. The van der Waals surface area contributed by atoms with Crippen molar-refractivity contribution in [3.63, 3.8) is 0 Å². The van der Waals surface area contributed by atoms with Crippen LogP contribution in [0.3, 0.4) is 0 Å². The van der Waals surface area contributed by atoms with Gasteiger partial charge in [0.2, 0.25) is 0 Å². The molecule has 3 aliphatic heterocycles. The Kier molecular flexibility index (Phi) is 3.74. The first-order chi connectivity index (χ1) is 10.1. The Hall–Kier alpha value is -2.15. The van der Waals surface area contributed by atoms with Crippen LogP contribution in [0.1, 0.15) is 12.8 Å². The summed E-state index contributed by atoms with van der Waals surface area (Å²) in [4.78, 5) is 26.6. The molecule has 1 aromatic carbocycles. The summed E-state index contributed by atoms with van der Waals surface area (Å²) in [6.07, 6.45) is 1.51. The summed E-state index contributed by atoms with van der Waals surface area (Å²) >= 11 is 0. The highest BCUT2D eigenvalue weighted by Crippen LogP contribution is 2.24.